The Kier molecular flexibility index (Phi) is 7.57. The van der Waals surface area contributed by atoms with Crippen LogP contribution < -0.4 is 20.5 Å². The van der Waals surface area contributed by atoms with Gasteiger partial charge in [-0.05, 0) is 35.9 Å². The van der Waals surface area contributed by atoms with Crippen molar-refractivity contribution < 1.29 is 19.1 Å². The molecular weight excluding hydrogens is 388 g/mol. The summed E-state index contributed by atoms with van der Waals surface area (Å²) in [5.74, 6) is 0.283. The molecule has 27 heavy (non-hydrogen) atoms. The fourth-order valence-corrected chi connectivity index (χ4v) is 3.27. The Labute approximate surface area is 166 Å². The van der Waals surface area contributed by atoms with Gasteiger partial charge in [0.1, 0.15) is 0 Å². The van der Waals surface area contributed by atoms with E-state index in [1.165, 1.54) is 32.1 Å². The summed E-state index contributed by atoms with van der Waals surface area (Å²) in [4.78, 5) is 24.0. The van der Waals surface area contributed by atoms with Gasteiger partial charge in [0, 0.05) is 11.0 Å². The zero-order valence-electron chi connectivity index (χ0n) is 14.8. The van der Waals surface area contributed by atoms with Gasteiger partial charge in [0.2, 0.25) is 11.8 Å². The minimum atomic E-state index is -0.425. The molecule has 0 spiro atoms. The molecule has 0 radical (unpaired) electrons. The first kappa shape index (κ1) is 20.7. The molecule has 0 saturated carbocycles. The van der Waals surface area contributed by atoms with E-state index in [1.807, 2.05) is 6.07 Å². The normalized spacial score (nSPS) is 10.6. The molecule has 2 aromatic carbocycles. The number of thioether (sulfide) groups is 1. The number of hydrogen-bond acceptors (Lipinski definition) is 5. The maximum atomic E-state index is 12.3. The number of carbonyl (C=O) groups excluding carboxylic acids is 2. The van der Waals surface area contributed by atoms with Crippen LogP contribution in [-0.2, 0) is 9.59 Å². The highest BCUT2D eigenvalue weighted by Gasteiger charge is 2.10. The third-order valence-electron chi connectivity index (χ3n) is 3.40. The summed E-state index contributed by atoms with van der Waals surface area (Å²) in [6.07, 6.45) is 3.00. The van der Waals surface area contributed by atoms with Crippen LogP contribution in [0.25, 0.3) is 6.08 Å². The lowest BCUT2D eigenvalue weighted by Gasteiger charge is -2.10. The summed E-state index contributed by atoms with van der Waals surface area (Å²) in [6, 6.07) is 10.6. The van der Waals surface area contributed by atoms with Crippen molar-refractivity contribution in [1.29, 1.82) is 0 Å². The number of amides is 2. The number of halogens is 1. The Bertz CT molecular complexity index is 871. The van der Waals surface area contributed by atoms with E-state index in [-0.39, 0.29) is 11.7 Å². The molecule has 8 heteroatoms. The first-order chi connectivity index (χ1) is 12.9. The molecule has 142 valence electrons. The third kappa shape index (κ3) is 5.94. The fourth-order valence-electron chi connectivity index (χ4n) is 2.23. The average molecular weight is 407 g/mol. The van der Waals surface area contributed by atoms with Crippen LogP contribution in [0.5, 0.6) is 11.5 Å². The number of anilines is 1. The highest BCUT2D eigenvalue weighted by molar-refractivity contribution is 8.00. The van der Waals surface area contributed by atoms with Crippen LogP contribution in [0, 0.1) is 0 Å². The topological polar surface area (TPSA) is 90.6 Å². The van der Waals surface area contributed by atoms with Crippen molar-refractivity contribution >= 4 is 46.9 Å². The molecule has 0 bridgehead atoms. The molecule has 0 atom stereocenters. The zero-order valence-corrected chi connectivity index (χ0v) is 16.4. The van der Waals surface area contributed by atoms with Gasteiger partial charge in [-0.15, -0.1) is 11.8 Å². The summed E-state index contributed by atoms with van der Waals surface area (Å²) < 4.78 is 10.4. The molecule has 0 aliphatic rings. The zero-order chi connectivity index (χ0) is 19.8. The van der Waals surface area contributed by atoms with Gasteiger partial charge >= 0.3 is 0 Å². The monoisotopic (exact) mass is 406 g/mol. The molecule has 0 aliphatic heterocycles. The highest BCUT2D eigenvalue weighted by Crippen LogP contribution is 2.36. The number of nitrogens with one attached hydrogen (secondary N) is 1. The second kappa shape index (κ2) is 9.89. The number of nitrogens with two attached hydrogens (primary N) is 1. The number of carbonyl (C=O) groups is 2. The van der Waals surface area contributed by atoms with Gasteiger partial charge < -0.3 is 20.5 Å². The van der Waals surface area contributed by atoms with Gasteiger partial charge in [-0.1, -0.05) is 23.7 Å². The van der Waals surface area contributed by atoms with Crippen LogP contribution in [0.15, 0.2) is 47.4 Å². The predicted octanol–water partition coefficient (Wildman–Crippen LogP) is 3.59. The second-order valence-corrected chi connectivity index (χ2v) is 6.74. The molecule has 6 nitrogen and oxygen atoms in total. The minimum absolute atomic E-state index is 0.132. The molecule has 0 heterocycles. The number of para-hydroxylation sites is 1. The number of methoxy groups -OCH3 is 2. The van der Waals surface area contributed by atoms with E-state index in [0.29, 0.717) is 27.8 Å². The van der Waals surface area contributed by atoms with Crippen LogP contribution in [0.3, 0.4) is 0 Å². The van der Waals surface area contributed by atoms with Crippen LogP contribution in [0.2, 0.25) is 5.02 Å². The van der Waals surface area contributed by atoms with E-state index >= 15 is 0 Å². The van der Waals surface area contributed by atoms with Gasteiger partial charge in [-0.2, -0.15) is 0 Å². The first-order valence-corrected chi connectivity index (χ1v) is 9.21. The van der Waals surface area contributed by atoms with E-state index < -0.39 is 5.91 Å². The number of benzene rings is 2. The lowest BCUT2D eigenvalue weighted by atomic mass is 10.2. The lowest BCUT2D eigenvalue weighted by Crippen LogP contribution is -2.13. The molecule has 0 fully saturated rings. The van der Waals surface area contributed by atoms with Gasteiger partial charge in [-0.25, -0.2) is 0 Å². The summed E-state index contributed by atoms with van der Waals surface area (Å²) in [6.45, 7) is 0. The lowest BCUT2D eigenvalue weighted by molar-refractivity contribution is -0.115. The van der Waals surface area contributed by atoms with Crippen molar-refractivity contribution in [2.45, 2.75) is 4.90 Å². The molecule has 0 aliphatic carbocycles. The average Bonchev–Trinajstić information content (AvgIpc) is 2.65. The van der Waals surface area contributed by atoms with Crippen LogP contribution in [0.1, 0.15) is 5.56 Å². The highest BCUT2D eigenvalue weighted by atomic mass is 35.5. The Balaban J connectivity index is 2.12. The SMILES string of the molecule is COc1cc(/C=C/C(=O)Nc2ccccc2SCC(N)=O)cc(Cl)c1OC. The molecule has 2 rings (SSSR count). The van der Waals surface area contributed by atoms with Crippen LogP contribution in [0.4, 0.5) is 5.69 Å². The Morgan fingerprint density at radius 2 is 1.96 bits per heavy atom. The summed E-state index contributed by atoms with van der Waals surface area (Å²) in [5, 5.41) is 3.16. The van der Waals surface area contributed by atoms with E-state index in [2.05, 4.69) is 5.32 Å². The third-order valence-corrected chi connectivity index (χ3v) is 4.77. The quantitative estimate of drug-likeness (QED) is 0.516. The van der Waals surface area contributed by atoms with Gasteiger partial charge in [0.25, 0.3) is 0 Å². The number of hydrogen-bond donors (Lipinski definition) is 2. The van der Waals surface area contributed by atoms with Crippen molar-refractivity contribution in [2.24, 2.45) is 5.73 Å². The van der Waals surface area contributed by atoms with Crippen LogP contribution >= 0.6 is 23.4 Å². The molecule has 2 aromatic rings. The summed E-state index contributed by atoms with van der Waals surface area (Å²) in [7, 11) is 3.01. The van der Waals surface area contributed by atoms with E-state index in [4.69, 9.17) is 26.8 Å². The van der Waals surface area contributed by atoms with Gasteiger partial charge in [0.15, 0.2) is 11.5 Å². The first-order valence-electron chi connectivity index (χ1n) is 7.85. The van der Waals surface area contributed by atoms with E-state index in [9.17, 15) is 9.59 Å². The largest absolute Gasteiger partial charge is 0.493 e. The number of ether oxygens (including phenoxy) is 2. The molecule has 0 unspecified atom stereocenters. The van der Waals surface area contributed by atoms with Gasteiger partial charge in [-0.3, -0.25) is 9.59 Å². The maximum Gasteiger partial charge on any atom is 0.248 e. The Hall–Kier alpha value is -2.64. The van der Waals surface area contributed by atoms with Crippen molar-refractivity contribution in [3.63, 3.8) is 0 Å². The van der Waals surface area contributed by atoms with Crippen molar-refractivity contribution in [1.82, 2.24) is 0 Å². The molecule has 3 N–H and O–H groups in total. The molecule has 0 aromatic heterocycles. The number of primary amides is 1. The van der Waals surface area contributed by atoms with Crippen molar-refractivity contribution in [2.75, 3.05) is 25.3 Å². The predicted molar refractivity (Wildman–Crippen MR) is 109 cm³/mol. The molecule has 2 amide bonds. The van der Waals surface area contributed by atoms with Crippen LogP contribution in [-0.4, -0.2) is 31.8 Å². The van der Waals surface area contributed by atoms with E-state index in [0.717, 1.165) is 4.90 Å². The Morgan fingerprint density at radius 3 is 2.63 bits per heavy atom. The van der Waals surface area contributed by atoms with E-state index in [1.54, 1.807) is 36.4 Å². The van der Waals surface area contributed by atoms with Gasteiger partial charge in [0.05, 0.1) is 30.7 Å². The molecule has 0 saturated heterocycles. The molecular formula is C19H19ClN2O4S. The minimum Gasteiger partial charge on any atom is -0.493 e. The maximum absolute atomic E-state index is 12.3. The van der Waals surface area contributed by atoms with Crippen molar-refractivity contribution in [3.8, 4) is 11.5 Å². The second-order valence-electron chi connectivity index (χ2n) is 5.31. The van der Waals surface area contributed by atoms with Crippen molar-refractivity contribution in [3.05, 3.63) is 53.1 Å². The summed E-state index contributed by atoms with van der Waals surface area (Å²) in [5.41, 5.74) is 6.46. The standard InChI is InChI=1S/C19H19ClN2O4S/c1-25-15-10-12(9-13(20)19(15)26-2)7-8-18(24)22-14-5-3-4-6-16(14)27-11-17(21)23/h3-10H,11H2,1-2H3,(H2,21,23)(H,22,24)/b8-7+. The smallest absolute Gasteiger partial charge is 0.248 e. The Morgan fingerprint density at radius 1 is 1.22 bits per heavy atom. The fraction of sp³-hybridized carbons (Fsp3) is 0.158. The summed E-state index contributed by atoms with van der Waals surface area (Å²) >= 11 is 7.42. The number of rotatable bonds is 8.